The van der Waals surface area contributed by atoms with Gasteiger partial charge in [-0.1, -0.05) is 0 Å². The van der Waals surface area contributed by atoms with Crippen molar-refractivity contribution < 1.29 is 46.9 Å². The molecule has 0 amide bonds. The summed E-state index contributed by atoms with van der Waals surface area (Å²) in [6.07, 6.45) is -7.24. The molecule has 0 saturated carbocycles. The van der Waals surface area contributed by atoms with Crippen molar-refractivity contribution in [1.82, 2.24) is 49.2 Å². The van der Waals surface area contributed by atoms with Crippen LogP contribution in [0.5, 0.6) is 0 Å². The molecule has 0 spiro atoms. The van der Waals surface area contributed by atoms with Crippen molar-refractivity contribution in [3.63, 3.8) is 0 Å². The maximum absolute atomic E-state index is 14.0. The van der Waals surface area contributed by atoms with Crippen LogP contribution in [0.2, 0.25) is 0 Å². The summed E-state index contributed by atoms with van der Waals surface area (Å²) in [7, 11) is -6.02. The SMILES string of the molecule is CNP1(=O)OC[C@H]2O[C@@H](n3cnc4c(N)ncnc43)C(O)C2OP(=O)(NC)OC[C@H]2O[C@@H](n3cnc4c(=O)[nH]c(N)nc43)C(O1)C2O. The Bertz CT molecular complexity index is 1970. The van der Waals surface area contributed by atoms with E-state index >= 15 is 0 Å². The van der Waals surface area contributed by atoms with E-state index in [1.165, 1.54) is 42.2 Å². The molecule has 2 bridgehead atoms. The molecule has 4 aromatic rings. The summed E-state index contributed by atoms with van der Waals surface area (Å²) in [6.45, 7) is -1.10. The van der Waals surface area contributed by atoms with Gasteiger partial charge in [-0.15, -0.1) is 0 Å². The van der Waals surface area contributed by atoms with Crippen LogP contribution >= 0.6 is 15.5 Å². The van der Waals surface area contributed by atoms with Gasteiger partial charge in [0.25, 0.3) is 5.56 Å². The summed E-state index contributed by atoms with van der Waals surface area (Å²) in [6, 6.07) is 0. The number of anilines is 2. The zero-order valence-corrected chi connectivity index (χ0v) is 26.3. The normalized spacial score (nSPS) is 36.6. The second kappa shape index (κ2) is 11.9. The Morgan fingerprint density at radius 3 is 2.17 bits per heavy atom. The first-order valence-electron chi connectivity index (χ1n) is 14.0. The highest BCUT2D eigenvalue weighted by molar-refractivity contribution is 7.51. The first-order chi connectivity index (χ1) is 22.4. The van der Waals surface area contributed by atoms with E-state index in [2.05, 4.69) is 40.1 Å². The van der Waals surface area contributed by atoms with E-state index in [0.717, 1.165) is 0 Å². The van der Waals surface area contributed by atoms with E-state index < -0.39 is 83.3 Å². The summed E-state index contributed by atoms with van der Waals surface area (Å²) in [5.74, 6) is -0.125. The maximum Gasteiger partial charge on any atom is 0.405 e. The Hall–Kier alpha value is -3.44. The van der Waals surface area contributed by atoms with Crippen LogP contribution in [0.1, 0.15) is 12.5 Å². The van der Waals surface area contributed by atoms with E-state index in [-0.39, 0.29) is 34.1 Å². The molecular formula is C22H30N12O11P2. The van der Waals surface area contributed by atoms with Crippen LogP contribution < -0.4 is 27.2 Å². The number of nitrogen functional groups attached to an aromatic ring is 2. The molecule has 7 rings (SSSR count). The lowest BCUT2D eigenvalue weighted by molar-refractivity contribution is -0.0607. The average Bonchev–Trinajstić information content (AvgIpc) is 3.81. The number of ether oxygens (including phenoxy) is 2. The van der Waals surface area contributed by atoms with Crippen LogP contribution in [-0.2, 0) is 36.7 Å². The van der Waals surface area contributed by atoms with Gasteiger partial charge < -0.3 is 31.2 Å². The Labute approximate surface area is 263 Å². The van der Waals surface area contributed by atoms with Crippen molar-refractivity contribution in [2.24, 2.45) is 0 Å². The molecule has 254 valence electrons. The molecule has 47 heavy (non-hydrogen) atoms. The third kappa shape index (κ3) is 5.53. The van der Waals surface area contributed by atoms with Crippen LogP contribution in [0.15, 0.2) is 23.8 Å². The Kier molecular flexibility index (Phi) is 8.14. The van der Waals surface area contributed by atoms with E-state index in [9.17, 15) is 24.1 Å². The van der Waals surface area contributed by atoms with Crippen LogP contribution in [0.25, 0.3) is 22.3 Å². The van der Waals surface area contributed by atoms with Crippen LogP contribution in [0.4, 0.5) is 11.8 Å². The fourth-order valence-electron chi connectivity index (χ4n) is 5.55. The molecule has 0 aromatic carbocycles. The van der Waals surface area contributed by atoms with Crippen LogP contribution in [0, 0.1) is 0 Å². The minimum absolute atomic E-state index is 0.0227. The van der Waals surface area contributed by atoms with Crippen molar-refractivity contribution in [1.29, 1.82) is 0 Å². The van der Waals surface area contributed by atoms with Gasteiger partial charge in [0.15, 0.2) is 35.1 Å². The van der Waals surface area contributed by atoms with Gasteiger partial charge in [-0.25, -0.2) is 39.2 Å². The lowest BCUT2D eigenvalue weighted by Gasteiger charge is -2.28. The van der Waals surface area contributed by atoms with Crippen molar-refractivity contribution in [3.05, 3.63) is 29.3 Å². The molecule has 10 atom stereocenters. The number of aromatic nitrogens is 8. The average molecular weight is 701 g/mol. The Balaban J connectivity index is 1.24. The number of hydrogen-bond donors (Lipinski definition) is 7. The highest BCUT2D eigenvalue weighted by Crippen LogP contribution is 2.53. The van der Waals surface area contributed by atoms with E-state index in [4.69, 9.17) is 39.0 Å². The smallest absolute Gasteiger partial charge is 0.387 e. The van der Waals surface area contributed by atoms with Crippen molar-refractivity contribution in [2.75, 3.05) is 38.8 Å². The van der Waals surface area contributed by atoms with Gasteiger partial charge in [-0.3, -0.25) is 37.0 Å². The quantitative estimate of drug-likeness (QED) is 0.114. The molecule has 6 unspecified atom stereocenters. The van der Waals surface area contributed by atoms with E-state index in [1.807, 2.05) is 0 Å². The van der Waals surface area contributed by atoms with Gasteiger partial charge in [-0.2, -0.15) is 4.98 Å². The lowest BCUT2D eigenvalue weighted by Crippen LogP contribution is -2.37. The summed E-state index contributed by atoms with van der Waals surface area (Å²) in [4.78, 5) is 35.2. The van der Waals surface area contributed by atoms with E-state index in [0.29, 0.717) is 0 Å². The standard InChI is InChI=1S/C22H30N12O11P2/c1-25-46(38)40-3-8-12(35)15(21(42-8)34-7-30-11-18(34)31-22(24)32-19(11)37)45-47(39,26-2)41-4-9-14(44-46)13(36)20(43-9)33-6-29-10-16(23)27-5-28-17(10)33/h5-9,12-15,20-21,35-36H,3-4H2,1-2H3,(H,25,38)(H,26,39)(H2,23,27,28)(H3,24,31,32,37)/t8-,9-,12?,13?,14?,15?,20-,21-,46?,47?/m1/s1. The van der Waals surface area contributed by atoms with Gasteiger partial charge in [0.1, 0.15) is 48.5 Å². The number of imidazole rings is 2. The molecule has 3 aliphatic heterocycles. The van der Waals surface area contributed by atoms with Crippen molar-refractivity contribution in [2.45, 2.75) is 49.1 Å². The Morgan fingerprint density at radius 1 is 0.851 bits per heavy atom. The summed E-state index contributed by atoms with van der Waals surface area (Å²) < 4.78 is 65.7. The van der Waals surface area contributed by atoms with Crippen molar-refractivity contribution >= 4 is 49.6 Å². The van der Waals surface area contributed by atoms with Crippen LogP contribution in [0.3, 0.4) is 0 Å². The molecule has 0 radical (unpaired) electrons. The first-order valence-corrected chi connectivity index (χ1v) is 17.1. The molecule has 9 N–H and O–H groups in total. The number of fused-ring (bicyclic) bond motifs is 5. The molecule has 3 saturated heterocycles. The fourth-order valence-corrected chi connectivity index (χ4v) is 7.96. The minimum atomic E-state index is -4.33. The molecule has 3 fully saturated rings. The number of nitrogens with zero attached hydrogens (tertiary/aromatic N) is 7. The van der Waals surface area contributed by atoms with Crippen molar-refractivity contribution in [3.8, 4) is 0 Å². The highest BCUT2D eigenvalue weighted by atomic mass is 31.2. The number of rotatable bonds is 4. The van der Waals surface area contributed by atoms with E-state index in [1.54, 1.807) is 0 Å². The second-order valence-electron chi connectivity index (χ2n) is 10.6. The zero-order chi connectivity index (χ0) is 33.2. The minimum Gasteiger partial charge on any atom is -0.387 e. The monoisotopic (exact) mass is 700 g/mol. The number of nitrogens with one attached hydrogen (secondary N) is 3. The number of aliphatic hydroxyl groups is 2. The zero-order valence-electron chi connectivity index (χ0n) is 24.5. The number of aliphatic hydroxyl groups excluding tert-OH is 2. The molecule has 0 aliphatic carbocycles. The number of aromatic amines is 1. The third-order valence-corrected chi connectivity index (χ3v) is 11.0. The first kappa shape index (κ1) is 32.1. The largest absolute Gasteiger partial charge is 0.405 e. The summed E-state index contributed by atoms with van der Waals surface area (Å²) >= 11 is 0. The molecule has 3 aliphatic rings. The predicted molar refractivity (Wildman–Crippen MR) is 157 cm³/mol. The molecule has 23 nitrogen and oxygen atoms in total. The summed E-state index contributed by atoms with van der Waals surface area (Å²) in [5.41, 5.74) is 11.4. The topological polar surface area (TPSA) is 313 Å². The van der Waals surface area contributed by atoms with Gasteiger partial charge in [0.05, 0.1) is 25.9 Å². The highest BCUT2D eigenvalue weighted by Gasteiger charge is 2.54. The Morgan fingerprint density at radius 2 is 1.47 bits per heavy atom. The lowest BCUT2D eigenvalue weighted by atomic mass is 10.1. The second-order valence-corrected chi connectivity index (χ2v) is 14.5. The van der Waals surface area contributed by atoms with Gasteiger partial charge in [0, 0.05) is 0 Å². The number of hydrogen-bond acceptors (Lipinski definition) is 18. The van der Waals surface area contributed by atoms with Crippen LogP contribution in [-0.4, -0.2) is 113 Å². The maximum atomic E-state index is 14.0. The van der Waals surface area contributed by atoms with Gasteiger partial charge in [0.2, 0.25) is 5.95 Å². The molecule has 4 aromatic heterocycles. The number of H-pyrrole nitrogens is 1. The predicted octanol–water partition coefficient (Wildman–Crippen LogP) is -1.89. The fraction of sp³-hybridized carbons (Fsp3) is 0.545. The van der Waals surface area contributed by atoms with Gasteiger partial charge in [-0.05, 0) is 14.1 Å². The van der Waals surface area contributed by atoms with Gasteiger partial charge >= 0.3 is 15.5 Å². The molecule has 25 heteroatoms. The molecular weight excluding hydrogens is 670 g/mol. The summed E-state index contributed by atoms with van der Waals surface area (Å²) in [5, 5.41) is 27.7. The molecule has 7 heterocycles. The third-order valence-electron chi connectivity index (χ3n) is 7.89. The number of nitrogens with two attached hydrogens (primary N) is 2.